The van der Waals surface area contributed by atoms with Crippen LogP contribution in [0.2, 0.25) is 0 Å². The summed E-state index contributed by atoms with van der Waals surface area (Å²) in [5, 5.41) is 0. The maximum Gasteiger partial charge on any atom is 0.0483 e. The summed E-state index contributed by atoms with van der Waals surface area (Å²) in [6.07, 6.45) is 2.53. The van der Waals surface area contributed by atoms with Crippen molar-refractivity contribution in [2.75, 3.05) is 6.61 Å². The van der Waals surface area contributed by atoms with E-state index in [1.807, 2.05) is 13.8 Å². The van der Waals surface area contributed by atoms with Gasteiger partial charge in [0.2, 0.25) is 0 Å². The first kappa shape index (κ1) is 13.3. The monoisotopic (exact) mass is 313 g/mol. The van der Waals surface area contributed by atoms with Crippen LogP contribution in [0.15, 0.2) is 0 Å². The normalized spacial score (nSPS) is 10.2. The Morgan fingerprint density at radius 1 is 1.20 bits per heavy atom. The number of hydrogen-bond acceptors (Lipinski definition) is 1. The second-order valence-electron chi connectivity index (χ2n) is 2.86. The first-order chi connectivity index (χ1) is 4.13. The van der Waals surface area contributed by atoms with Crippen LogP contribution >= 0.6 is 0 Å². The molecule has 0 atom stereocenters. The summed E-state index contributed by atoms with van der Waals surface area (Å²) in [6, 6.07) is 0. The molecule has 2 heteroatoms. The van der Waals surface area contributed by atoms with Crippen LogP contribution in [0.5, 0.6) is 0 Å². The van der Waals surface area contributed by atoms with Gasteiger partial charge < -0.3 is 11.2 Å². The Morgan fingerprint density at radius 3 is 2.00 bits per heavy atom. The molecule has 0 saturated heterocycles. The van der Waals surface area contributed by atoms with E-state index >= 15 is 0 Å². The molecule has 62 valence electrons. The SMILES string of the molecule is CC(C)[CH-]COC(C)C.[W]. The van der Waals surface area contributed by atoms with E-state index in [9.17, 15) is 0 Å². The molecular formula is C8H17OW-. The molecule has 0 spiro atoms. The number of hydrogen-bond donors (Lipinski definition) is 0. The molecule has 0 bridgehead atoms. The Kier molecular flexibility index (Phi) is 10.3. The van der Waals surface area contributed by atoms with Gasteiger partial charge in [0.25, 0.3) is 0 Å². The van der Waals surface area contributed by atoms with Gasteiger partial charge in [-0.15, -0.1) is 0 Å². The minimum atomic E-state index is 0. The number of rotatable bonds is 4. The Labute approximate surface area is 78.8 Å². The summed E-state index contributed by atoms with van der Waals surface area (Å²) in [5.74, 6) is 0.642. The largest absolute Gasteiger partial charge is 0.410 e. The maximum atomic E-state index is 5.30. The van der Waals surface area contributed by atoms with Crippen LogP contribution in [0.1, 0.15) is 27.7 Å². The van der Waals surface area contributed by atoms with Gasteiger partial charge >= 0.3 is 0 Å². The summed E-state index contributed by atoms with van der Waals surface area (Å²) < 4.78 is 5.30. The van der Waals surface area contributed by atoms with Crippen molar-refractivity contribution in [2.45, 2.75) is 33.8 Å². The molecule has 0 heterocycles. The first-order valence-electron chi connectivity index (χ1n) is 3.58. The third-order valence-corrected chi connectivity index (χ3v) is 0.997. The van der Waals surface area contributed by atoms with Crippen molar-refractivity contribution < 1.29 is 25.8 Å². The Balaban J connectivity index is 0. The van der Waals surface area contributed by atoms with Crippen molar-refractivity contribution in [3.05, 3.63) is 6.42 Å². The van der Waals surface area contributed by atoms with Gasteiger partial charge in [-0.05, 0) is 13.8 Å². The van der Waals surface area contributed by atoms with Crippen LogP contribution < -0.4 is 0 Å². The van der Waals surface area contributed by atoms with E-state index in [-0.39, 0.29) is 21.1 Å². The summed E-state index contributed by atoms with van der Waals surface area (Å²) in [4.78, 5) is 0. The van der Waals surface area contributed by atoms with Gasteiger partial charge in [-0.1, -0.05) is 20.5 Å². The fraction of sp³-hybridized carbons (Fsp3) is 0.875. The van der Waals surface area contributed by atoms with Gasteiger partial charge in [0, 0.05) is 27.2 Å². The molecule has 0 unspecified atom stereocenters. The maximum absolute atomic E-state index is 5.30. The van der Waals surface area contributed by atoms with E-state index in [0.29, 0.717) is 12.0 Å². The molecule has 0 N–H and O–H groups in total. The second kappa shape index (κ2) is 7.75. The van der Waals surface area contributed by atoms with Crippen LogP contribution in [0, 0.1) is 12.3 Å². The van der Waals surface area contributed by atoms with E-state index in [2.05, 4.69) is 20.3 Å². The summed E-state index contributed by atoms with van der Waals surface area (Å²) >= 11 is 0. The first-order valence-corrected chi connectivity index (χ1v) is 3.58. The van der Waals surface area contributed by atoms with E-state index in [1.165, 1.54) is 0 Å². The predicted molar refractivity (Wildman–Crippen MR) is 40.2 cm³/mol. The molecular weight excluding hydrogens is 296 g/mol. The molecule has 0 rings (SSSR count). The third kappa shape index (κ3) is 11.4. The van der Waals surface area contributed by atoms with Crippen LogP contribution in [0.25, 0.3) is 0 Å². The van der Waals surface area contributed by atoms with Crippen molar-refractivity contribution in [3.63, 3.8) is 0 Å². The average Bonchev–Trinajstić information content (AvgIpc) is 1.63. The van der Waals surface area contributed by atoms with E-state index < -0.39 is 0 Å². The minimum Gasteiger partial charge on any atom is -0.410 e. The van der Waals surface area contributed by atoms with Crippen LogP contribution in [0.4, 0.5) is 0 Å². The molecule has 0 saturated carbocycles. The van der Waals surface area contributed by atoms with E-state index in [1.54, 1.807) is 0 Å². The van der Waals surface area contributed by atoms with Crippen molar-refractivity contribution >= 4 is 0 Å². The van der Waals surface area contributed by atoms with Crippen LogP contribution in [0.3, 0.4) is 0 Å². The average molecular weight is 313 g/mol. The van der Waals surface area contributed by atoms with Crippen molar-refractivity contribution in [1.82, 2.24) is 0 Å². The molecule has 0 aromatic heterocycles. The Bertz CT molecular complexity index is 54.3. The Morgan fingerprint density at radius 2 is 1.70 bits per heavy atom. The molecule has 0 amide bonds. The molecule has 0 aliphatic carbocycles. The summed E-state index contributed by atoms with van der Waals surface area (Å²) in [6.45, 7) is 9.20. The quantitative estimate of drug-likeness (QED) is 0.724. The van der Waals surface area contributed by atoms with Gasteiger partial charge in [0.15, 0.2) is 0 Å². The number of ether oxygens (including phenoxy) is 1. The zero-order chi connectivity index (χ0) is 7.28. The van der Waals surface area contributed by atoms with Crippen LogP contribution in [-0.4, -0.2) is 12.7 Å². The molecule has 0 aliphatic heterocycles. The van der Waals surface area contributed by atoms with Gasteiger partial charge in [-0.2, -0.15) is 5.92 Å². The molecule has 1 nitrogen and oxygen atoms in total. The fourth-order valence-electron chi connectivity index (χ4n) is 0.440. The van der Waals surface area contributed by atoms with Crippen LogP contribution in [-0.2, 0) is 25.8 Å². The predicted octanol–water partition coefficient (Wildman–Crippen LogP) is 2.27. The topological polar surface area (TPSA) is 9.23 Å². The smallest absolute Gasteiger partial charge is 0.0483 e. The van der Waals surface area contributed by atoms with E-state index in [4.69, 9.17) is 4.74 Å². The zero-order valence-corrected chi connectivity index (χ0v) is 10.2. The van der Waals surface area contributed by atoms with Gasteiger partial charge in [-0.25, -0.2) is 0 Å². The molecule has 0 aromatic carbocycles. The zero-order valence-electron chi connectivity index (χ0n) is 7.26. The van der Waals surface area contributed by atoms with Gasteiger partial charge in [0.05, 0.1) is 0 Å². The molecule has 0 aliphatic rings. The summed E-state index contributed by atoms with van der Waals surface area (Å²) in [7, 11) is 0. The molecule has 0 aromatic rings. The molecule has 0 fully saturated rings. The minimum absolute atomic E-state index is 0. The standard InChI is InChI=1S/C8H17O.W/c1-7(2)5-6-9-8(3)4;/h5,7-8H,6H2,1-4H3;/q-1;. The van der Waals surface area contributed by atoms with Crippen molar-refractivity contribution in [1.29, 1.82) is 0 Å². The fourth-order valence-corrected chi connectivity index (χ4v) is 0.440. The van der Waals surface area contributed by atoms with Crippen molar-refractivity contribution in [3.8, 4) is 0 Å². The molecule has 0 radical (unpaired) electrons. The summed E-state index contributed by atoms with van der Waals surface area (Å²) in [5.41, 5.74) is 0. The third-order valence-electron chi connectivity index (χ3n) is 0.997. The van der Waals surface area contributed by atoms with Gasteiger partial charge in [-0.3, -0.25) is 0 Å². The van der Waals surface area contributed by atoms with Crippen molar-refractivity contribution in [2.24, 2.45) is 5.92 Å². The van der Waals surface area contributed by atoms with Gasteiger partial charge in [0.1, 0.15) is 0 Å². The van der Waals surface area contributed by atoms with E-state index in [0.717, 1.165) is 6.61 Å². The second-order valence-corrected chi connectivity index (χ2v) is 2.86. The Hall–Kier alpha value is 0.648. The molecule has 10 heavy (non-hydrogen) atoms.